The van der Waals surface area contributed by atoms with Crippen LogP contribution in [0.5, 0.6) is 0 Å². The second-order valence-electron chi connectivity index (χ2n) is 5.58. The van der Waals surface area contributed by atoms with E-state index in [-0.39, 0.29) is 0 Å². The van der Waals surface area contributed by atoms with E-state index in [1.807, 2.05) is 0 Å². The van der Waals surface area contributed by atoms with Crippen molar-refractivity contribution in [3.8, 4) is 0 Å². The Morgan fingerprint density at radius 1 is 1.14 bits per heavy atom. The van der Waals surface area contributed by atoms with Gasteiger partial charge in [0.05, 0.1) is 0 Å². The molecule has 0 heterocycles. The molecular formula is C13H25N. The van der Waals surface area contributed by atoms with Crippen molar-refractivity contribution < 1.29 is 0 Å². The molecule has 0 aromatic carbocycles. The third kappa shape index (κ3) is 1.98. The smallest absolute Gasteiger partial charge is 0.00644 e. The molecule has 1 spiro atoms. The zero-order valence-corrected chi connectivity index (χ0v) is 9.81. The predicted octanol–water partition coefficient (Wildman–Crippen LogP) is 3.34. The van der Waals surface area contributed by atoms with Crippen molar-refractivity contribution in [2.45, 2.75) is 64.3 Å². The Morgan fingerprint density at radius 2 is 1.79 bits per heavy atom. The van der Waals surface area contributed by atoms with Gasteiger partial charge in [0.1, 0.15) is 0 Å². The normalized spacial score (nSPS) is 43.3. The summed E-state index contributed by atoms with van der Waals surface area (Å²) < 4.78 is 0. The van der Waals surface area contributed by atoms with Crippen LogP contribution in [0.25, 0.3) is 0 Å². The molecule has 0 amide bonds. The van der Waals surface area contributed by atoms with Crippen LogP contribution in [-0.4, -0.2) is 13.1 Å². The van der Waals surface area contributed by atoms with Crippen LogP contribution in [0.1, 0.15) is 58.3 Å². The highest BCUT2D eigenvalue weighted by Crippen LogP contribution is 2.51. The van der Waals surface area contributed by atoms with Crippen LogP contribution in [0.15, 0.2) is 0 Å². The fraction of sp³-hybridized carbons (Fsp3) is 1.00. The van der Waals surface area contributed by atoms with Gasteiger partial charge in [0.2, 0.25) is 0 Å². The van der Waals surface area contributed by atoms with E-state index in [4.69, 9.17) is 0 Å². The molecule has 2 aliphatic carbocycles. The zero-order chi connectivity index (χ0) is 10.0. The van der Waals surface area contributed by atoms with Crippen LogP contribution in [0.4, 0.5) is 0 Å². The van der Waals surface area contributed by atoms with Crippen LogP contribution < -0.4 is 5.32 Å². The highest BCUT2D eigenvalue weighted by atomic mass is 14.9. The molecule has 0 aromatic heterocycles. The number of nitrogens with one attached hydrogen (secondary N) is 1. The molecular weight excluding hydrogens is 170 g/mol. The molecule has 82 valence electrons. The van der Waals surface area contributed by atoms with E-state index in [1.54, 1.807) is 6.42 Å². The molecule has 1 atom stereocenters. The summed E-state index contributed by atoms with van der Waals surface area (Å²) in [7, 11) is 2.12. The molecule has 0 saturated heterocycles. The van der Waals surface area contributed by atoms with Gasteiger partial charge in [-0.25, -0.2) is 0 Å². The van der Waals surface area contributed by atoms with Crippen molar-refractivity contribution in [1.29, 1.82) is 0 Å². The summed E-state index contributed by atoms with van der Waals surface area (Å²) in [5, 5.41) is 3.44. The summed E-state index contributed by atoms with van der Waals surface area (Å²) in [5.41, 5.74) is 0.786. The first kappa shape index (κ1) is 10.5. The van der Waals surface area contributed by atoms with Crippen molar-refractivity contribution in [3.05, 3.63) is 0 Å². The van der Waals surface area contributed by atoms with E-state index in [9.17, 15) is 0 Å². The maximum atomic E-state index is 3.44. The topological polar surface area (TPSA) is 12.0 Å². The van der Waals surface area contributed by atoms with Gasteiger partial charge in [-0.1, -0.05) is 13.3 Å². The summed E-state index contributed by atoms with van der Waals surface area (Å²) in [4.78, 5) is 0. The van der Waals surface area contributed by atoms with E-state index in [2.05, 4.69) is 19.3 Å². The van der Waals surface area contributed by atoms with Gasteiger partial charge < -0.3 is 5.32 Å². The Hall–Kier alpha value is -0.0400. The fourth-order valence-corrected chi connectivity index (χ4v) is 3.65. The van der Waals surface area contributed by atoms with Gasteiger partial charge in [0.25, 0.3) is 0 Å². The standard InChI is InChI=1S/C13H25N/c1-3-11-4-7-13(10-11)8-5-12(14-2)6-9-13/h11-12,14H,3-10H2,1-2H3. The quantitative estimate of drug-likeness (QED) is 0.712. The van der Waals surface area contributed by atoms with Crippen LogP contribution in [0.2, 0.25) is 0 Å². The third-order valence-electron chi connectivity index (χ3n) is 4.84. The molecule has 1 heteroatoms. The first-order chi connectivity index (χ1) is 6.78. The maximum Gasteiger partial charge on any atom is 0.00644 e. The summed E-state index contributed by atoms with van der Waals surface area (Å²) >= 11 is 0. The van der Waals surface area contributed by atoms with E-state index >= 15 is 0 Å². The van der Waals surface area contributed by atoms with Gasteiger partial charge >= 0.3 is 0 Å². The van der Waals surface area contributed by atoms with Crippen molar-refractivity contribution in [1.82, 2.24) is 5.32 Å². The van der Waals surface area contributed by atoms with Gasteiger partial charge in [-0.05, 0) is 63.3 Å². The largest absolute Gasteiger partial charge is 0.317 e. The number of rotatable bonds is 2. The summed E-state index contributed by atoms with van der Waals surface area (Å²) in [6.07, 6.45) is 11.8. The maximum absolute atomic E-state index is 3.44. The SMILES string of the molecule is CCC1CCC2(CCC(NC)CC2)C1. The summed E-state index contributed by atoms with van der Waals surface area (Å²) in [6, 6.07) is 0.821. The Bertz CT molecular complexity index is 180. The van der Waals surface area contributed by atoms with Crippen LogP contribution >= 0.6 is 0 Å². The van der Waals surface area contributed by atoms with Crippen LogP contribution in [-0.2, 0) is 0 Å². The average Bonchev–Trinajstić information content (AvgIpc) is 2.63. The highest BCUT2D eigenvalue weighted by molar-refractivity contribution is 4.93. The lowest BCUT2D eigenvalue weighted by Gasteiger charge is -2.37. The van der Waals surface area contributed by atoms with Gasteiger partial charge in [-0.15, -0.1) is 0 Å². The molecule has 0 bridgehead atoms. The molecule has 0 aromatic rings. The van der Waals surface area contributed by atoms with Gasteiger partial charge in [0, 0.05) is 6.04 Å². The lowest BCUT2D eigenvalue weighted by Crippen LogP contribution is -2.34. The third-order valence-corrected chi connectivity index (χ3v) is 4.84. The molecule has 1 N–H and O–H groups in total. The minimum atomic E-state index is 0.786. The Morgan fingerprint density at radius 3 is 2.29 bits per heavy atom. The first-order valence-corrected chi connectivity index (χ1v) is 6.45. The fourth-order valence-electron chi connectivity index (χ4n) is 3.65. The van der Waals surface area contributed by atoms with Gasteiger partial charge in [0.15, 0.2) is 0 Å². The van der Waals surface area contributed by atoms with Gasteiger partial charge in [-0.2, -0.15) is 0 Å². The number of hydrogen-bond donors (Lipinski definition) is 1. The Balaban J connectivity index is 1.87. The minimum absolute atomic E-state index is 0.786. The number of hydrogen-bond acceptors (Lipinski definition) is 1. The molecule has 2 fully saturated rings. The minimum Gasteiger partial charge on any atom is -0.317 e. The molecule has 2 rings (SSSR count). The monoisotopic (exact) mass is 195 g/mol. The molecule has 0 radical (unpaired) electrons. The highest BCUT2D eigenvalue weighted by Gasteiger charge is 2.40. The molecule has 2 aliphatic rings. The molecule has 2 saturated carbocycles. The summed E-state index contributed by atoms with van der Waals surface area (Å²) in [6.45, 7) is 2.36. The van der Waals surface area contributed by atoms with Crippen molar-refractivity contribution in [2.24, 2.45) is 11.3 Å². The Kier molecular flexibility index (Phi) is 3.16. The molecule has 1 nitrogen and oxygen atoms in total. The van der Waals surface area contributed by atoms with E-state index in [1.165, 1.54) is 44.9 Å². The van der Waals surface area contributed by atoms with Crippen molar-refractivity contribution >= 4 is 0 Å². The molecule has 14 heavy (non-hydrogen) atoms. The van der Waals surface area contributed by atoms with Crippen molar-refractivity contribution in [2.75, 3.05) is 7.05 Å². The molecule has 0 aliphatic heterocycles. The summed E-state index contributed by atoms with van der Waals surface area (Å²) in [5.74, 6) is 1.06. The van der Waals surface area contributed by atoms with E-state index in [0.717, 1.165) is 17.4 Å². The van der Waals surface area contributed by atoms with Crippen LogP contribution in [0.3, 0.4) is 0 Å². The second-order valence-corrected chi connectivity index (χ2v) is 5.58. The lowest BCUT2D eigenvalue weighted by atomic mass is 9.71. The van der Waals surface area contributed by atoms with Crippen molar-refractivity contribution in [3.63, 3.8) is 0 Å². The van der Waals surface area contributed by atoms with Crippen LogP contribution in [0, 0.1) is 11.3 Å². The van der Waals surface area contributed by atoms with Gasteiger partial charge in [-0.3, -0.25) is 0 Å². The Labute approximate surface area is 88.7 Å². The first-order valence-electron chi connectivity index (χ1n) is 6.45. The zero-order valence-electron chi connectivity index (χ0n) is 9.81. The average molecular weight is 195 g/mol. The van der Waals surface area contributed by atoms with E-state index in [0.29, 0.717) is 0 Å². The second kappa shape index (κ2) is 4.22. The predicted molar refractivity (Wildman–Crippen MR) is 61.4 cm³/mol. The molecule has 1 unspecified atom stereocenters. The van der Waals surface area contributed by atoms with E-state index < -0.39 is 0 Å². The lowest BCUT2D eigenvalue weighted by molar-refractivity contribution is 0.165.